The third-order valence-electron chi connectivity index (χ3n) is 1.87. The van der Waals surface area contributed by atoms with Gasteiger partial charge in [0.05, 0.1) is 19.8 Å². The van der Waals surface area contributed by atoms with Crippen molar-refractivity contribution in [2.24, 2.45) is 0 Å². The molecule has 0 aromatic rings. The van der Waals surface area contributed by atoms with E-state index in [9.17, 15) is 9.59 Å². The monoisotopic (exact) mass is 247 g/mol. The summed E-state index contributed by atoms with van der Waals surface area (Å²) in [5, 5.41) is 11.5. The first-order valence-corrected chi connectivity index (χ1v) is 5.45. The van der Waals surface area contributed by atoms with Crippen molar-refractivity contribution in [2.75, 3.05) is 13.7 Å². The Bertz CT molecular complexity index is 259. The second-order valence-corrected chi connectivity index (χ2v) is 4.64. The Labute approximate surface area is 101 Å². The van der Waals surface area contributed by atoms with Crippen LogP contribution in [0, 0.1) is 0 Å². The molecule has 1 amide bonds. The lowest BCUT2D eigenvalue weighted by atomic mass is 10.1. The van der Waals surface area contributed by atoms with Crippen molar-refractivity contribution in [3.05, 3.63) is 0 Å². The van der Waals surface area contributed by atoms with Gasteiger partial charge in [0.15, 0.2) is 0 Å². The van der Waals surface area contributed by atoms with Crippen LogP contribution in [0.25, 0.3) is 0 Å². The number of hydrogen-bond acceptors (Lipinski definition) is 5. The number of amides is 1. The van der Waals surface area contributed by atoms with Crippen molar-refractivity contribution in [3.63, 3.8) is 0 Å². The van der Waals surface area contributed by atoms with Crippen molar-refractivity contribution >= 4 is 12.1 Å². The van der Waals surface area contributed by atoms with Crippen molar-refractivity contribution < 1.29 is 24.2 Å². The molecule has 0 aliphatic rings. The van der Waals surface area contributed by atoms with Gasteiger partial charge in [0.25, 0.3) is 0 Å². The number of hydrogen-bond donors (Lipinski definition) is 2. The highest BCUT2D eigenvalue weighted by Crippen LogP contribution is 2.07. The largest absolute Gasteiger partial charge is 0.469 e. The number of alkyl carbamates (subject to hydrolysis) is 1. The fourth-order valence-electron chi connectivity index (χ4n) is 1.08. The molecule has 0 aliphatic carbocycles. The van der Waals surface area contributed by atoms with Crippen LogP contribution in [-0.2, 0) is 14.3 Å². The number of aliphatic hydroxyl groups excluding tert-OH is 1. The summed E-state index contributed by atoms with van der Waals surface area (Å²) in [7, 11) is 1.29. The van der Waals surface area contributed by atoms with E-state index >= 15 is 0 Å². The second-order valence-electron chi connectivity index (χ2n) is 4.64. The van der Waals surface area contributed by atoms with E-state index in [-0.39, 0.29) is 19.0 Å². The zero-order chi connectivity index (χ0) is 13.5. The van der Waals surface area contributed by atoms with E-state index < -0.39 is 17.7 Å². The minimum atomic E-state index is -0.610. The van der Waals surface area contributed by atoms with E-state index in [1.807, 2.05) is 0 Å². The molecule has 0 radical (unpaired) electrons. The smallest absolute Gasteiger partial charge is 0.407 e. The van der Waals surface area contributed by atoms with Gasteiger partial charge in [0, 0.05) is 6.42 Å². The molecule has 0 saturated carbocycles. The van der Waals surface area contributed by atoms with Crippen LogP contribution in [0.1, 0.15) is 33.6 Å². The topological polar surface area (TPSA) is 84.9 Å². The Kier molecular flexibility index (Phi) is 6.57. The average Bonchev–Trinajstić information content (AvgIpc) is 2.20. The van der Waals surface area contributed by atoms with Gasteiger partial charge in [0.1, 0.15) is 5.60 Å². The van der Waals surface area contributed by atoms with Crippen LogP contribution in [-0.4, -0.2) is 42.5 Å². The lowest BCUT2D eigenvalue weighted by Crippen LogP contribution is -2.41. The summed E-state index contributed by atoms with van der Waals surface area (Å²) < 4.78 is 9.49. The highest BCUT2D eigenvalue weighted by Gasteiger charge is 2.19. The standard InChI is InChI=1S/C11H21NO5/c1-11(2,3)17-10(15)12-8(7-13)5-6-9(14)16-4/h8,13H,5-7H2,1-4H3,(H,12,15). The van der Waals surface area contributed by atoms with Crippen LogP contribution in [0.3, 0.4) is 0 Å². The third kappa shape index (κ3) is 8.50. The molecule has 2 N–H and O–H groups in total. The predicted molar refractivity (Wildman–Crippen MR) is 61.5 cm³/mol. The summed E-state index contributed by atoms with van der Waals surface area (Å²) in [5.41, 5.74) is -0.591. The number of esters is 1. The van der Waals surface area contributed by atoms with Crippen LogP contribution < -0.4 is 5.32 Å². The van der Waals surface area contributed by atoms with E-state index in [0.717, 1.165) is 0 Å². The molecule has 1 unspecified atom stereocenters. The van der Waals surface area contributed by atoms with Crippen molar-refractivity contribution in [2.45, 2.75) is 45.3 Å². The van der Waals surface area contributed by atoms with Gasteiger partial charge in [-0.05, 0) is 27.2 Å². The molecule has 0 aromatic carbocycles. The molecule has 0 aliphatic heterocycles. The summed E-state index contributed by atoms with van der Waals surface area (Å²) in [5.74, 6) is -0.380. The average molecular weight is 247 g/mol. The number of nitrogens with one attached hydrogen (secondary N) is 1. The van der Waals surface area contributed by atoms with Gasteiger partial charge in [-0.2, -0.15) is 0 Å². The number of ether oxygens (including phenoxy) is 2. The number of aliphatic hydroxyl groups is 1. The zero-order valence-corrected chi connectivity index (χ0v) is 10.8. The maximum absolute atomic E-state index is 11.4. The predicted octanol–water partition coefficient (Wildman–Crippen LogP) is 0.825. The van der Waals surface area contributed by atoms with Crippen LogP contribution in [0.15, 0.2) is 0 Å². The van der Waals surface area contributed by atoms with Crippen molar-refractivity contribution in [3.8, 4) is 0 Å². The second kappa shape index (κ2) is 7.11. The molecule has 0 aromatic heterocycles. The van der Waals surface area contributed by atoms with Gasteiger partial charge in [0.2, 0.25) is 0 Å². The molecule has 0 bridgehead atoms. The van der Waals surface area contributed by atoms with E-state index in [1.54, 1.807) is 20.8 Å². The molecule has 1 atom stereocenters. The minimum absolute atomic E-state index is 0.136. The summed E-state index contributed by atoms with van der Waals surface area (Å²) >= 11 is 0. The molecule has 6 nitrogen and oxygen atoms in total. The summed E-state index contributed by atoms with van der Waals surface area (Å²) in [6, 6.07) is -0.510. The molecule has 100 valence electrons. The fourth-order valence-corrected chi connectivity index (χ4v) is 1.08. The zero-order valence-electron chi connectivity index (χ0n) is 10.8. The molecule has 0 fully saturated rings. The van der Waals surface area contributed by atoms with E-state index in [2.05, 4.69) is 10.1 Å². The number of rotatable bonds is 5. The van der Waals surface area contributed by atoms with Gasteiger partial charge >= 0.3 is 12.1 Å². The lowest BCUT2D eigenvalue weighted by Gasteiger charge is -2.22. The third-order valence-corrected chi connectivity index (χ3v) is 1.87. The first-order valence-electron chi connectivity index (χ1n) is 5.45. The molecular weight excluding hydrogens is 226 g/mol. The number of carbonyl (C=O) groups is 2. The lowest BCUT2D eigenvalue weighted by molar-refractivity contribution is -0.140. The van der Waals surface area contributed by atoms with Crippen LogP contribution in [0.4, 0.5) is 4.79 Å². The Morgan fingerprint density at radius 2 is 1.94 bits per heavy atom. The number of carbonyl (C=O) groups excluding carboxylic acids is 2. The maximum Gasteiger partial charge on any atom is 0.407 e. The SMILES string of the molecule is COC(=O)CCC(CO)NC(=O)OC(C)(C)C. The highest BCUT2D eigenvalue weighted by atomic mass is 16.6. The Morgan fingerprint density at radius 1 is 1.35 bits per heavy atom. The minimum Gasteiger partial charge on any atom is -0.469 e. The normalized spacial score (nSPS) is 12.8. The Hall–Kier alpha value is -1.30. The van der Waals surface area contributed by atoms with Gasteiger partial charge < -0.3 is 19.9 Å². The van der Waals surface area contributed by atoms with Crippen molar-refractivity contribution in [1.82, 2.24) is 5.32 Å². The first-order chi connectivity index (χ1) is 7.78. The van der Waals surface area contributed by atoms with E-state index in [0.29, 0.717) is 6.42 Å². The van der Waals surface area contributed by atoms with E-state index in [4.69, 9.17) is 9.84 Å². The quantitative estimate of drug-likeness (QED) is 0.703. The molecule has 0 heterocycles. The van der Waals surface area contributed by atoms with Gasteiger partial charge in [-0.25, -0.2) is 4.79 Å². The van der Waals surface area contributed by atoms with Crippen molar-refractivity contribution in [1.29, 1.82) is 0 Å². The maximum atomic E-state index is 11.4. The van der Waals surface area contributed by atoms with Crippen LogP contribution >= 0.6 is 0 Å². The molecular formula is C11H21NO5. The first kappa shape index (κ1) is 15.7. The van der Waals surface area contributed by atoms with Gasteiger partial charge in [-0.15, -0.1) is 0 Å². The fraction of sp³-hybridized carbons (Fsp3) is 0.818. The summed E-state index contributed by atoms with van der Waals surface area (Å²) in [6.07, 6.45) is -0.165. The van der Waals surface area contributed by atoms with Gasteiger partial charge in [-0.3, -0.25) is 4.79 Å². The van der Waals surface area contributed by atoms with Crippen LogP contribution in [0.2, 0.25) is 0 Å². The highest BCUT2D eigenvalue weighted by molar-refractivity contribution is 5.70. The van der Waals surface area contributed by atoms with Gasteiger partial charge in [-0.1, -0.05) is 0 Å². The molecule has 17 heavy (non-hydrogen) atoms. The summed E-state index contributed by atoms with van der Waals surface area (Å²) in [6.45, 7) is 4.98. The molecule has 0 rings (SSSR count). The molecule has 6 heteroatoms. The van der Waals surface area contributed by atoms with Crippen LogP contribution in [0.5, 0.6) is 0 Å². The van der Waals surface area contributed by atoms with E-state index in [1.165, 1.54) is 7.11 Å². The molecule has 0 saturated heterocycles. The Balaban J connectivity index is 4.04. The summed E-state index contributed by atoms with van der Waals surface area (Å²) in [4.78, 5) is 22.3. The molecule has 0 spiro atoms. The number of methoxy groups -OCH3 is 1. The Morgan fingerprint density at radius 3 is 2.35 bits per heavy atom.